The first kappa shape index (κ1) is 24.8. The second-order valence-corrected chi connectivity index (χ2v) is 11.6. The third kappa shape index (κ3) is 5.95. The van der Waals surface area contributed by atoms with Crippen molar-refractivity contribution in [1.82, 2.24) is 0 Å². The average Bonchev–Trinajstić information content (AvgIpc) is 3.12. The summed E-state index contributed by atoms with van der Waals surface area (Å²) in [5.41, 5.74) is 1.72. The number of nitrogens with zero attached hydrogens (tertiary/aromatic N) is 1. The molecule has 0 amide bonds. The fourth-order valence-electron chi connectivity index (χ4n) is 4.86. The topological polar surface area (TPSA) is 81.0 Å². The van der Waals surface area contributed by atoms with E-state index in [1.54, 1.807) is 0 Å². The van der Waals surface area contributed by atoms with Crippen molar-refractivity contribution >= 4 is 23.0 Å². The van der Waals surface area contributed by atoms with Gasteiger partial charge in [-0.05, 0) is 78.2 Å². The van der Waals surface area contributed by atoms with Crippen LogP contribution in [0.4, 0.5) is 5.69 Å². The zero-order chi connectivity index (χ0) is 23.6. The van der Waals surface area contributed by atoms with Gasteiger partial charge < -0.3 is 20.2 Å². The van der Waals surface area contributed by atoms with Gasteiger partial charge >= 0.3 is 5.97 Å². The fraction of sp³-hybridized carbons (Fsp3) is 0.654. The van der Waals surface area contributed by atoms with Gasteiger partial charge in [0.2, 0.25) is 0 Å². The van der Waals surface area contributed by atoms with E-state index in [-0.39, 0.29) is 28.4 Å². The fourth-order valence-corrected chi connectivity index (χ4v) is 5.71. The van der Waals surface area contributed by atoms with Crippen molar-refractivity contribution < 1.29 is 20.1 Å². The summed E-state index contributed by atoms with van der Waals surface area (Å²) in [6.45, 7) is 10.4. The number of thiophene rings is 1. The molecule has 176 valence electrons. The summed E-state index contributed by atoms with van der Waals surface area (Å²) in [6.07, 6.45) is 5.60. The lowest BCUT2D eigenvalue weighted by atomic mass is 9.79. The smallest absolute Gasteiger partial charge is 0.348 e. The Balaban J connectivity index is 2.03. The summed E-state index contributed by atoms with van der Waals surface area (Å²) < 4.78 is 0. The molecule has 2 aliphatic rings. The molecule has 2 aliphatic carbocycles. The Morgan fingerprint density at radius 3 is 2.47 bits per heavy atom. The van der Waals surface area contributed by atoms with Crippen molar-refractivity contribution in [3.05, 3.63) is 27.5 Å². The zero-order valence-corrected chi connectivity index (χ0v) is 20.7. The lowest BCUT2D eigenvalue weighted by molar-refractivity contribution is 0.0502. The minimum atomic E-state index is -0.991. The molecule has 0 aliphatic heterocycles. The van der Waals surface area contributed by atoms with Gasteiger partial charge in [-0.25, -0.2) is 4.79 Å². The Kier molecular flexibility index (Phi) is 7.75. The van der Waals surface area contributed by atoms with E-state index in [2.05, 4.69) is 31.8 Å². The molecule has 0 saturated heterocycles. The van der Waals surface area contributed by atoms with Crippen LogP contribution in [0.1, 0.15) is 87.7 Å². The molecule has 0 radical (unpaired) electrons. The molecule has 1 fully saturated rings. The summed E-state index contributed by atoms with van der Waals surface area (Å²) in [7, 11) is 0. The monoisotopic (exact) mass is 459 g/mol. The average molecular weight is 460 g/mol. The van der Waals surface area contributed by atoms with Crippen LogP contribution >= 0.6 is 11.3 Å². The maximum atomic E-state index is 12.2. The van der Waals surface area contributed by atoms with Crippen molar-refractivity contribution in [2.75, 3.05) is 4.90 Å². The van der Waals surface area contributed by atoms with Gasteiger partial charge in [-0.2, -0.15) is 0 Å². The predicted octanol–water partition coefficient (Wildman–Crippen LogP) is 5.26. The van der Waals surface area contributed by atoms with Gasteiger partial charge in [0.25, 0.3) is 0 Å². The molecule has 1 aromatic rings. The van der Waals surface area contributed by atoms with Gasteiger partial charge in [-0.15, -0.1) is 11.3 Å². The second kappa shape index (κ2) is 9.99. The number of hydrogen-bond acceptors (Lipinski definition) is 5. The van der Waals surface area contributed by atoms with Gasteiger partial charge in [0.05, 0.1) is 16.7 Å². The highest BCUT2D eigenvalue weighted by Crippen LogP contribution is 2.41. The summed E-state index contributed by atoms with van der Waals surface area (Å²) in [5.74, 6) is 5.67. The minimum absolute atomic E-state index is 0.0104. The SMILES string of the molecule is CC1=CC[C@H](C(O)N(c2cc(C#CC(C)(C)C)sc2C(=O)O)C2CCC(O)CC2)[C@@H](C)C1. The Labute approximate surface area is 196 Å². The van der Waals surface area contributed by atoms with Crippen molar-refractivity contribution in [3.63, 3.8) is 0 Å². The van der Waals surface area contributed by atoms with E-state index in [0.29, 0.717) is 29.3 Å². The number of carboxylic acid groups (broad SMARTS) is 1. The van der Waals surface area contributed by atoms with Crippen molar-refractivity contribution in [2.24, 2.45) is 17.3 Å². The van der Waals surface area contributed by atoms with Crippen molar-refractivity contribution in [2.45, 2.75) is 91.5 Å². The van der Waals surface area contributed by atoms with E-state index in [9.17, 15) is 20.1 Å². The molecular formula is C26H37NO4S. The van der Waals surface area contributed by atoms with E-state index in [1.165, 1.54) is 16.9 Å². The third-order valence-electron chi connectivity index (χ3n) is 6.59. The maximum absolute atomic E-state index is 12.2. The van der Waals surface area contributed by atoms with Crippen LogP contribution < -0.4 is 4.90 Å². The van der Waals surface area contributed by atoms with Crippen LogP contribution in [0.3, 0.4) is 0 Å². The largest absolute Gasteiger partial charge is 0.477 e. The number of hydrogen-bond donors (Lipinski definition) is 3. The number of aromatic carboxylic acids is 1. The molecular weight excluding hydrogens is 422 g/mol. The van der Waals surface area contributed by atoms with Crippen LogP contribution in [-0.4, -0.2) is 39.7 Å². The first-order chi connectivity index (χ1) is 15.0. The van der Waals surface area contributed by atoms with Crippen molar-refractivity contribution in [3.8, 4) is 11.8 Å². The Bertz CT molecular complexity index is 908. The van der Waals surface area contributed by atoms with Crippen LogP contribution in [0.25, 0.3) is 0 Å². The number of aliphatic hydroxyl groups is 2. The molecule has 5 nitrogen and oxygen atoms in total. The summed E-state index contributed by atoms with van der Waals surface area (Å²) >= 11 is 1.18. The molecule has 1 unspecified atom stereocenters. The van der Waals surface area contributed by atoms with E-state index in [0.717, 1.165) is 25.7 Å². The molecule has 0 aromatic carbocycles. The third-order valence-corrected chi connectivity index (χ3v) is 7.61. The first-order valence-corrected chi connectivity index (χ1v) is 12.5. The molecule has 3 N–H and O–H groups in total. The number of aliphatic hydroxyl groups excluding tert-OH is 2. The molecule has 3 rings (SSSR count). The van der Waals surface area contributed by atoms with E-state index < -0.39 is 12.2 Å². The van der Waals surface area contributed by atoms with E-state index in [4.69, 9.17) is 0 Å². The Hall–Kier alpha value is -1.81. The van der Waals surface area contributed by atoms with Crippen LogP contribution in [-0.2, 0) is 0 Å². The number of carboxylic acids is 1. The van der Waals surface area contributed by atoms with Gasteiger partial charge in [-0.3, -0.25) is 0 Å². The molecule has 6 heteroatoms. The highest BCUT2D eigenvalue weighted by Gasteiger charge is 2.38. The lowest BCUT2D eigenvalue weighted by Crippen LogP contribution is -2.51. The summed E-state index contributed by atoms with van der Waals surface area (Å²) in [4.78, 5) is 15.1. The van der Waals surface area contributed by atoms with Crippen LogP contribution in [0.2, 0.25) is 0 Å². The normalized spacial score (nSPS) is 27.2. The number of carbonyl (C=O) groups is 1. The molecule has 3 atom stereocenters. The summed E-state index contributed by atoms with van der Waals surface area (Å²) in [6, 6.07) is 1.83. The van der Waals surface area contributed by atoms with Crippen molar-refractivity contribution in [1.29, 1.82) is 0 Å². The van der Waals surface area contributed by atoms with Crippen LogP contribution in [0.15, 0.2) is 17.7 Å². The first-order valence-electron chi connectivity index (χ1n) is 11.7. The van der Waals surface area contributed by atoms with Crippen LogP contribution in [0.5, 0.6) is 0 Å². The maximum Gasteiger partial charge on any atom is 0.348 e. The summed E-state index contributed by atoms with van der Waals surface area (Å²) in [5, 5.41) is 31.7. The predicted molar refractivity (Wildman–Crippen MR) is 130 cm³/mol. The van der Waals surface area contributed by atoms with E-state index in [1.807, 2.05) is 31.7 Å². The number of rotatable bonds is 5. The number of anilines is 1. The van der Waals surface area contributed by atoms with Gasteiger partial charge in [-0.1, -0.05) is 30.4 Å². The molecule has 1 saturated carbocycles. The van der Waals surface area contributed by atoms with Gasteiger partial charge in [0.1, 0.15) is 11.1 Å². The van der Waals surface area contributed by atoms with Gasteiger partial charge in [0, 0.05) is 17.4 Å². The highest BCUT2D eigenvalue weighted by atomic mass is 32.1. The molecule has 32 heavy (non-hydrogen) atoms. The Morgan fingerprint density at radius 1 is 1.25 bits per heavy atom. The minimum Gasteiger partial charge on any atom is -0.477 e. The molecule has 1 heterocycles. The number of allylic oxidation sites excluding steroid dienone is 2. The lowest BCUT2D eigenvalue weighted by Gasteiger charge is -2.44. The van der Waals surface area contributed by atoms with Crippen LogP contribution in [0, 0.1) is 29.1 Å². The highest BCUT2D eigenvalue weighted by molar-refractivity contribution is 7.15. The standard InChI is InChI=1S/C26H37NO4S/c1-16-6-11-21(17(2)14-16)24(29)27(18-7-9-19(28)10-8-18)22-15-20(12-13-26(3,4)5)32-23(22)25(30)31/h6,15,17-19,21,24,28-29H,7-11,14H2,1-5H3,(H,30,31)/t17-,18?,19?,21-,24?/m0/s1. The molecule has 0 bridgehead atoms. The van der Waals surface area contributed by atoms with E-state index >= 15 is 0 Å². The second-order valence-electron chi connectivity index (χ2n) is 10.5. The quantitative estimate of drug-likeness (QED) is 0.318. The molecule has 1 aromatic heterocycles. The molecule has 0 spiro atoms. The zero-order valence-electron chi connectivity index (χ0n) is 19.9. The Morgan fingerprint density at radius 2 is 1.91 bits per heavy atom. The van der Waals surface area contributed by atoms with Gasteiger partial charge in [0.15, 0.2) is 0 Å².